The Bertz CT molecular complexity index is 1130. The van der Waals surface area contributed by atoms with E-state index in [1.54, 1.807) is 19.4 Å². The second-order valence-corrected chi connectivity index (χ2v) is 8.63. The smallest absolute Gasteiger partial charge is 0.228 e. The highest BCUT2D eigenvalue weighted by Gasteiger charge is 2.33. The summed E-state index contributed by atoms with van der Waals surface area (Å²) in [4.78, 5) is 20.1. The molecule has 2 fully saturated rings. The van der Waals surface area contributed by atoms with Crippen molar-refractivity contribution in [3.63, 3.8) is 0 Å². The normalized spacial score (nSPS) is 20.6. The van der Waals surface area contributed by atoms with E-state index >= 15 is 4.39 Å². The van der Waals surface area contributed by atoms with Gasteiger partial charge in [0, 0.05) is 42.4 Å². The van der Waals surface area contributed by atoms with E-state index in [1.807, 2.05) is 25.2 Å². The number of H-pyrrole nitrogens is 1. The Labute approximate surface area is 180 Å². The summed E-state index contributed by atoms with van der Waals surface area (Å²) in [5.74, 6) is 0.564. The Hall–Kier alpha value is -2.77. The molecule has 2 heterocycles. The number of hydrogen-bond acceptors (Lipinski definition) is 4. The lowest BCUT2D eigenvalue weighted by Gasteiger charge is -2.34. The number of ether oxygens (including phenoxy) is 1. The zero-order valence-electron chi connectivity index (χ0n) is 17.8. The van der Waals surface area contributed by atoms with Crippen LogP contribution >= 0.6 is 0 Å². The molecular formula is C24H27FN4O2. The van der Waals surface area contributed by atoms with Crippen molar-refractivity contribution >= 4 is 22.6 Å². The molecule has 0 bridgehead atoms. The molecule has 5 rings (SSSR count). The summed E-state index contributed by atoms with van der Waals surface area (Å²) in [5.41, 5.74) is 3.67. The van der Waals surface area contributed by atoms with Gasteiger partial charge in [-0.25, -0.2) is 9.37 Å². The van der Waals surface area contributed by atoms with Gasteiger partial charge in [-0.3, -0.25) is 4.79 Å². The van der Waals surface area contributed by atoms with Gasteiger partial charge in [0.05, 0.1) is 11.6 Å². The predicted octanol–water partition coefficient (Wildman–Crippen LogP) is 4.33. The van der Waals surface area contributed by atoms with Crippen molar-refractivity contribution in [2.24, 2.45) is 5.92 Å². The van der Waals surface area contributed by atoms with E-state index in [2.05, 4.69) is 20.6 Å². The number of nitrogens with one attached hydrogen (secondary N) is 3. The lowest BCUT2D eigenvalue weighted by Crippen LogP contribution is -2.29. The number of methoxy groups -OCH3 is 1. The Morgan fingerprint density at radius 3 is 2.84 bits per heavy atom. The zero-order valence-corrected chi connectivity index (χ0v) is 17.8. The fraction of sp³-hybridized carbons (Fsp3) is 0.417. The highest BCUT2D eigenvalue weighted by Crippen LogP contribution is 2.42. The molecule has 2 aromatic heterocycles. The van der Waals surface area contributed by atoms with Crippen molar-refractivity contribution < 1.29 is 13.9 Å². The van der Waals surface area contributed by atoms with Crippen molar-refractivity contribution in [2.75, 3.05) is 19.5 Å². The van der Waals surface area contributed by atoms with Crippen molar-refractivity contribution in [3.05, 3.63) is 47.4 Å². The number of aromatic nitrogens is 2. The van der Waals surface area contributed by atoms with Gasteiger partial charge >= 0.3 is 0 Å². The van der Waals surface area contributed by atoms with Gasteiger partial charge in [-0.05, 0) is 61.9 Å². The number of fused-ring (bicyclic) bond motifs is 1. The van der Waals surface area contributed by atoms with Gasteiger partial charge in [0.1, 0.15) is 5.82 Å². The highest BCUT2D eigenvalue weighted by molar-refractivity contribution is 6.02. The molecule has 0 unspecified atom stereocenters. The van der Waals surface area contributed by atoms with Gasteiger partial charge in [0.15, 0.2) is 5.82 Å². The zero-order chi connectivity index (χ0) is 21.5. The number of anilines is 1. The average Bonchev–Trinajstić information content (AvgIpc) is 3.49. The number of nitrogens with zero attached hydrogens (tertiary/aromatic N) is 1. The first-order valence-electron chi connectivity index (χ1n) is 10.9. The van der Waals surface area contributed by atoms with Crippen LogP contribution in [0.25, 0.3) is 22.2 Å². The molecule has 162 valence electrons. The van der Waals surface area contributed by atoms with E-state index < -0.39 is 0 Å². The number of benzene rings is 1. The molecule has 6 nitrogen and oxygen atoms in total. The third-order valence-electron chi connectivity index (χ3n) is 6.49. The van der Waals surface area contributed by atoms with E-state index in [4.69, 9.17) is 4.74 Å². The number of carbonyl (C=O) groups excluding carboxylic acids is 1. The molecule has 2 aliphatic carbocycles. The summed E-state index contributed by atoms with van der Waals surface area (Å²) < 4.78 is 20.9. The molecular weight excluding hydrogens is 395 g/mol. The van der Waals surface area contributed by atoms with Crippen molar-refractivity contribution in [2.45, 2.75) is 44.2 Å². The molecule has 0 saturated heterocycles. The fourth-order valence-electron chi connectivity index (χ4n) is 4.39. The van der Waals surface area contributed by atoms with Crippen LogP contribution in [0.3, 0.4) is 0 Å². The number of pyridine rings is 1. The summed E-state index contributed by atoms with van der Waals surface area (Å²) in [6.45, 7) is 0.626. The molecule has 0 atom stereocenters. The maximum absolute atomic E-state index is 15.5. The van der Waals surface area contributed by atoms with Gasteiger partial charge in [-0.2, -0.15) is 0 Å². The minimum Gasteiger partial charge on any atom is -0.381 e. The molecule has 1 amide bonds. The standard InChI is InChI=1S/C24H27FN4O2/c1-26-11-15-12-27-23(29-24(30)13-6-7-13)22-19(15)10-20(28-22)18-5-3-4-17(21(18)25)14-8-16(9-14)31-2/h3-5,10,12-14,16,26,28H,6-9,11H2,1-2H3,(H,27,29,30). The summed E-state index contributed by atoms with van der Waals surface area (Å²) in [7, 11) is 3.58. The minimum absolute atomic E-state index is 0.00262. The Morgan fingerprint density at radius 1 is 1.32 bits per heavy atom. The third-order valence-corrected chi connectivity index (χ3v) is 6.49. The van der Waals surface area contributed by atoms with E-state index in [1.165, 1.54) is 0 Å². The van der Waals surface area contributed by atoms with Crippen LogP contribution in [0.1, 0.15) is 42.7 Å². The highest BCUT2D eigenvalue weighted by atomic mass is 19.1. The van der Waals surface area contributed by atoms with Crippen LogP contribution in [0.5, 0.6) is 0 Å². The third kappa shape index (κ3) is 3.72. The number of carbonyl (C=O) groups is 1. The van der Waals surface area contributed by atoms with Gasteiger partial charge in [-0.15, -0.1) is 0 Å². The molecule has 1 aromatic carbocycles. The summed E-state index contributed by atoms with van der Waals surface area (Å²) in [6.07, 6.45) is 5.52. The quantitative estimate of drug-likeness (QED) is 0.530. The summed E-state index contributed by atoms with van der Waals surface area (Å²) in [5, 5.41) is 7.02. The summed E-state index contributed by atoms with van der Waals surface area (Å²) >= 11 is 0. The number of amides is 1. The first kappa shape index (κ1) is 20.2. The van der Waals surface area contributed by atoms with Gasteiger partial charge in [0.2, 0.25) is 5.91 Å². The Balaban J connectivity index is 1.54. The first-order valence-corrected chi connectivity index (χ1v) is 10.9. The Morgan fingerprint density at radius 2 is 2.13 bits per heavy atom. The van der Waals surface area contributed by atoms with Crippen LogP contribution in [0.2, 0.25) is 0 Å². The van der Waals surface area contributed by atoms with Gasteiger partial charge < -0.3 is 20.4 Å². The fourth-order valence-corrected chi connectivity index (χ4v) is 4.39. The maximum Gasteiger partial charge on any atom is 0.228 e. The molecule has 0 spiro atoms. The number of hydrogen-bond donors (Lipinski definition) is 3. The molecule has 31 heavy (non-hydrogen) atoms. The number of rotatable bonds is 7. The lowest BCUT2D eigenvalue weighted by molar-refractivity contribution is -0.117. The molecule has 0 aliphatic heterocycles. The molecule has 2 saturated carbocycles. The van der Waals surface area contributed by atoms with Crippen LogP contribution in [-0.2, 0) is 16.1 Å². The van der Waals surface area contributed by atoms with E-state index in [0.29, 0.717) is 23.6 Å². The van der Waals surface area contributed by atoms with Gasteiger partial charge in [0.25, 0.3) is 0 Å². The van der Waals surface area contributed by atoms with Crippen LogP contribution in [0.4, 0.5) is 10.2 Å². The van der Waals surface area contributed by atoms with Crippen LogP contribution in [0, 0.1) is 11.7 Å². The van der Waals surface area contributed by atoms with Crippen molar-refractivity contribution in [1.29, 1.82) is 0 Å². The van der Waals surface area contributed by atoms with E-state index in [-0.39, 0.29) is 29.7 Å². The Kier molecular flexibility index (Phi) is 5.24. The van der Waals surface area contributed by atoms with Gasteiger partial charge in [-0.1, -0.05) is 12.1 Å². The maximum atomic E-state index is 15.5. The van der Waals surface area contributed by atoms with Crippen LogP contribution in [0.15, 0.2) is 30.5 Å². The van der Waals surface area contributed by atoms with Crippen LogP contribution < -0.4 is 10.6 Å². The lowest BCUT2D eigenvalue weighted by atomic mass is 9.77. The second kappa shape index (κ2) is 8.05. The average molecular weight is 423 g/mol. The monoisotopic (exact) mass is 422 g/mol. The second-order valence-electron chi connectivity index (χ2n) is 8.63. The van der Waals surface area contributed by atoms with E-state index in [0.717, 1.165) is 47.7 Å². The predicted molar refractivity (Wildman–Crippen MR) is 118 cm³/mol. The SMILES string of the molecule is CNCc1cnc(NC(=O)C2CC2)c2[nH]c(-c3cccc(C4CC(OC)C4)c3F)cc12. The topological polar surface area (TPSA) is 79.0 Å². The molecule has 0 radical (unpaired) electrons. The van der Waals surface area contributed by atoms with Crippen molar-refractivity contribution in [3.8, 4) is 11.3 Å². The largest absolute Gasteiger partial charge is 0.381 e. The van der Waals surface area contributed by atoms with Crippen molar-refractivity contribution in [1.82, 2.24) is 15.3 Å². The molecule has 7 heteroatoms. The number of halogens is 1. The summed E-state index contributed by atoms with van der Waals surface area (Å²) in [6, 6.07) is 7.52. The first-order chi connectivity index (χ1) is 15.1. The minimum atomic E-state index is -0.194. The van der Waals surface area contributed by atoms with E-state index in [9.17, 15) is 4.79 Å². The molecule has 3 N–H and O–H groups in total. The number of aromatic amines is 1. The molecule has 2 aliphatic rings. The van der Waals surface area contributed by atoms with Crippen LogP contribution in [-0.4, -0.2) is 36.1 Å². The molecule has 3 aromatic rings.